The zero-order valence-electron chi connectivity index (χ0n) is 12.8. The summed E-state index contributed by atoms with van der Waals surface area (Å²) in [4.78, 5) is 11.3. The Balaban J connectivity index is 2.59. The lowest BCUT2D eigenvalue weighted by Gasteiger charge is -2.50. The van der Waals surface area contributed by atoms with Gasteiger partial charge in [-0.2, -0.15) is 0 Å². The molecular formula is C15H22N2O4. The van der Waals surface area contributed by atoms with Gasteiger partial charge in [0, 0.05) is 5.56 Å². The lowest BCUT2D eigenvalue weighted by Crippen LogP contribution is -2.68. The number of amides is 1. The topological polar surface area (TPSA) is 93.8 Å². The molecule has 0 fully saturated rings. The summed E-state index contributed by atoms with van der Waals surface area (Å²) < 4.78 is 11.1. The van der Waals surface area contributed by atoms with Gasteiger partial charge in [0.1, 0.15) is 11.4 Å². The fourth-order valence-electron chi connectivity index (χ4n) is 2.68. The maximum Gasteiger partial charge on any atom is 0.405 e. The van der Waals surface area contributed by atoms with E-state index >= 15 is 0 Å². The van der Waals surface area contributed by atoms with Gasteiger partial charge in [-0.25, -0.2) is 4.79 Å². The van der Waals surface area contributed by atoms with Gasteiger partial charge in [0.15, 0.2) is 11.8 Å². The molecule has 1 aliphatic rings. The Kier molecular flexibility index (Phi) is 3.86. The summed E-state index contributed by atoms with van der Waals surface area (Å²) in [6, 6.07) is 5.49. The summed E-state index contributed by atoms with van der Waals surface area (Å²) in [6.07, 6.45) is -1.89. The molecule has 1 unspecified atom stereocenters. The number of carbonyl (C=O) groups excluding carboxylic acids is 1. The van der Waals surface area contributed by atoms with E-state index in [1.807, 2.05) is 26.0 Å². The van der Waals surface area contributed by atoms with E-state index in [4.69, 9.17) is 15.2 Å². The van der Waals surface area contributed by atoms with Crippen LogP contribution in [0.1, 0.15) is 38.0 Å². The minimum Gasteiger partial charge on any atom is -0.483 e. The van der Waals surface area contributed by atoms with Crippen molar-refractivity contribution in [3.8, 4) is 5.75 Å². The molecular weight excluding hydrogens is 272 g/mol. The molecule has 6 heteroatoms. The third-order valence-corrected chi connectivity index (χ3v) is 3.79. The molecule has 1 aromatic rings. The second kappa shape index (κ2) is 5.20. The molecule has 0 radical (unpaired) electrons. The highest BCUT2D eigenvalue weighted by Crippen LogP contribution is 2.47. The Morgan fingerprint density at radius 3 is 2.76 bits per heavy atom. The Labute approximate surface area is 124 Å². The van der Waals surface area contributed by atoms with E-state index in [2.05, 4.69) is 5.32 Å². The number of rotatable bonds is 3. The standard InChI is InChI=1S/C15H22N2O4/c1-5-17-15(19)12(20-13(16)18)10-7-6-9(2)8-11(10)21-14(15,3)4/h6-8,12,17,19H,5H2,1-4H3,(H2,16,18)/t12-,15?/m0/s1. The molecule has 2 rings (SSSR count). The maximum absolute atomic E-state index is 11.3. The molecule has 116 valence electrons. The zero-order chi connectivity index (χ0) is 15.8. The van der Waals surface area contributed by atoms with Gasteiger partial charge >= 0.3 is 6.09 Å². The molecule has 4 N–H and O–H groups in total. The Morgan fingerprint density at radius 2 is 2.19 bits per heavy atom. The molecule has 6 nitrogen and oxygen atoms in total. The fraction of sp³-hybridized carbons (Fsp3) is 0.533. The average Bonchev–Trinajstić information content (AvgIpc) is 2.34. The first-order chi connectivity index (χ1) is 9.71. The lowest BCUT2D eigenvalue weighted by atomic mass is 9.81. The molecule has 0 aromatic heterocycles. The number of hydrogen-bond acceptors (Lipinski definition) is 5. The molecule has 1 amide bonds. The zero-order valence-corrected chi connectivity index (χ0v) is 12.8. The van der Waals surface area contributed by atoms with Gasteiger partial charge in [0.2, 0.25) is 0 Å². The first kappa shape index (κ1) is 15.6. The van der Waals surface area contributed by atoms with Crippen LogP contribution in [-0.4, -0.2) is 29.1 Å². The molecule has 1 heterocycles. The minimum atomic E-state index is -1.58. The van der Waals surface area contributed by atoms with Crippen LogP contribution in [0.5, 0.6) is 5.75 Å². The van der Waals surface area contributed by atoms with E-state index in [0.29, 0.717) is 17.9 Å². The van der Waals surface area contributed by atoms with Crippen molar-refractivity contribution in [2.75, 3.05) is 6.54 Å². The molecule has 1 aromatic carbocycles. The smallest absolute Gasteiger partial charge is 0.405 e. The molecule has 0 saturated carbocycles. The van der Waals surface area contributed by atoms with Gasteiger partial charge in [0.05, 0.1) is 0 Å². The molecule has 0 spiro atoms. The van der Waals surface area contributed by atoms with Gasteiger partial charge in [-0.1, -0.05) is 19.1 Å². The first-order valence-electron chi connectivity index (χ1n) is 6.94. The molecule has 21 heavy (non-hydrogen) atoms. The van der Waals surface area contributed by atoms with E-state index < -0.39 is 23.5 Å². The van der Waals surface area contributed by atoms with Gasteiger partial charge in [0.25, 0.3) is 0 Å². The van der Waals surface area contributed by atoms with Crippen molar-refractivity contribution in [2.24, 2.45) is 5.73 Å². The van der Waals surface area contributed by atoms with Crippen LogP contribution < -0.4 is 15.8 Å². The van der Waals surface area contributed by atoms with E-state index in [9.17, 15) is 9.90 Å². The number of ether oxygens (including phenoxy) is 2. The highest BCUT2D eigenvalue weighted by Gasteiger charge is 2.57. The van der Waals surface area contributed by atoms with Crippen molar-refractivity contribution in [1.29, 1.82) is 0 Å². The largest absolute Gasteiger partial charge is 0.483 e. The third-order valence-electron chi connectivity index (χ3n) is 3.79. The number of aryl methyl sites for hydroxylation is 1. The predicted molar refractivity (Wildman–Crippen MR) is 77.9 cm³/mol. The van der Waals surface area contributed by atoms with Crippen molar-refractivity contribution in [2.45, 2.75) is 45.1 Å². The van der Waals surface area contributed by atoms with Crippen molar-refractivity contribution in [3.05, 3.63) is 29.3 Å². The molecule has 0 bridgehead atoms. The van der Waals surface area contributed by atoms with Gasteiger partial charge in [-0.05, 0) is 38.9 Å². The Bertz CT molecular complexity index is 559. The maximum atomic E-state index is 11.3. The highest BCUT2D eigenvalue weighted by molar-refractivity contribution is 5.65. The second-order valence-corrected chi connectivity index (χ2v) is 5.77. The van der Waals surface area contributed by atoms with Crippen LogP contribution in [0.15, 0.2) is 18.2 Å². The summed E-state index contributed by atoms with van der Waals surface area (Å²) in [6.45, 7) is 7.73. The summed E-state index contributed by atoms with van der Waals surface area (Å²) in [5, 5.41) is 14.0. The Hall–Kier alpha value is -1.79. The lowest BCUT2D eigenvalue weighted by molar-refractivity contribution is -0.209. The number of primary amides is 1. The number of nitrogens with one attached hydrogen (secondary N) is 1. The third kappa shape index (κ3) is 2.56. The number of hydrogen-bond donors (Lipinski definition) is 3. The average molecular weight is 294 g/mol. The summed E-state index contributed by atoms with van der Waals surface area (Å²) in [5.41, 5.74) is 4.18. The number of aliphatic hydroxyl groups is 1. The van der Waals surface area contributed by atoms with Crippen LogP contribution in [0.25, 0.3) is 0 Å². The summed E-state index contributed by atoms with van der Waals surface area (Å²) in [7, 11) is 0. The fourth-order valence-corrected chi connectivity index (χ4v) is 2.68. The van der Waals surface area contributed by atoms with Crippen molar-refractivity contribution in [1.82, 2.24) is 5.32 Å². The van der Waals surface area contributed by atoms with Crippen LogP contribution >= 0.6 is 0 Å². The normalized spacial score (nSPS) is 26.6. The summed E-state index contributed by atoms with van der Waals surface area (Å²) >= 11 is 0. The molecule has 1 aliphatic heterocycles. The van der Waals surface area contributed by atoms with E-state index in [-0.39, 0.29) is 0 Å². The number of nitrogens with two attached hydrogens (primary N) is 1. The molecule has 0 saturated heterocycles. The van der Waals surface area contributed by atoms with E-state index in [1.54, 1.807) is 19.9 Å². The van der Waals surface area contributed by atoms with Crippen LogP contribution in [0.4, 0.5) is 4.79 Å². The second-order valence-electron chi connectivity index (χ2n) is 5.77. The monoisotopic (exact) mass is 294 g/mol. The van der Waals surface area contributed by atoms with E-state index in [1.165, 1.54) is 0 Å². The van der Waals surface area contributed by atoms with Gasteiger partial charge in [-0.15, -0.1) is 0 Å². The van der Waals surface area contributed by atoms with Gasteiger partial charge in [-0.3, -0.25) is 5.32 Å². The Morgan fingerprint density at radius 1 is 1.52 bits per heavy atom. The number of fused-ring (bicyclic) bond motifs is 1. The van der Waals surface area contributed by atoms with Crippen molar-refractivity contribution >= 4 is 6.09 Å². The number of benzene rings is 1. The van der Waals surface area contributed by atoms with Crippen LogP contribution in [0, 0.1) is 6.92 Å². The summed E-state index contributed by atoms with van der Waals surface area (Å²) in [5.74, 6) is 0.578. The van der Waals surface area contributed by atoms with Crippen LogP contribution in [0.2, 0.25) is 0 Å². The quantitative estimate of drug-likeness (QED) is 0.736. The van der Waals surface area contributed by atoms with E-state index in [0.717, 1.165) is 5.56 Å². The predicted octanol–water partition coefficient (Wildman–Crippen LogP) is 1.60. The SMILES string of the molecule is CCNC1(O)[C@@H](OC(N)=O)c2ccc(C)cc2OC1(C)C. The van der Waals surface area contributed by atoms with Crippen LogP contribution in [0.3, 0.4) is 0 Å². The van der Waals surface area contributed by atoms with Crippen molar-refractivity contribution in [3.63, 3.8) is 0 Å². The minimum absolute atomic E-state index is 0.475. The number of carbonyl (C=O) groups is 1. The molecule has 2 atom stereocenters. The van der Waals surface area contributed by atoms with Crippen molar-refractivity contribution < 1.29 is 19.4 Å². The number of likely N-dealkylation sites (N-methyl/N-ethyl adjacent to an activating group) is 1. The van der Waals surface area contributed by atoms with Crippen LogP contribution in [-0.2, 0) is 4.74 Å². The molecule has 0 aliphatic carbocycles. The highest BCUT2D eigenvalue weighted by atomic mass is 16.6. The first-order valence-corrected chi connectivity index (χ1v) is 6.94. The van der Waals surface area contributed by atoms with Gasteiger partial charge < -0.3 is 20.3 Å².